The minimum absolute atomic E-state index is 0.367. The molecule has 17 heavy (non-hydrogen) atoms. The predicted octanol–water partition coefficient (Wildman–Crippen LogP) is 0.0176. The normalized spacial score (nSPS) is 17.3. The first kappa shape index (κ1) is 10.4. The van der Waals surface area contributed by atoms with Crippen LogP contribution in [0.4, 0.5) is 0 Å². The molecule has 1 unspecified atom stereocenters. The average Bonchev–Trinajstić information content (AvgIpc) is 2.88. The van der Waals surface area contributed by atoms with Crippen molar-refractivity contribution >= 4 is 0 Å². The molecule has 1 aliphatic carbocycles. The van der Waals surface area contributed by atoms with Crippen molar-refractivity contribution in [1.29, 1.82) is 0 Å². The smallest absolute Gasteiger partial charge is 0.177 e. The summed E-state index contributed by atoms with van der Waals surface area (Å²) < 4.78 is 2.04. The third kappa shape index (κ3) is 2.05. The first-order chi connectivity index (χ1) is 8.24. The lowest BCUT2D eigenvalue weighted by Crippen LogP contribution is -2.09. The standard InChI is InChI=1S/C10H14N6O/c1-15-13-10(12-14-15)4-9(17)8-5-11-6-16(8)7-2-3-7/h5-7,9,17H,2-4H2,1H3. The van der Waals surface area contributed by atoms with Crippen molar-refractivity contribution < 1.29 is 5.11 Å². The van der Waals surface area contributed by atoms with E-state index in [0.29, 0.717) is 18.3 Å². The number of hydrogen-bond donors (Lipinski definition) is 1. The molecule has 2 aromatic heterocycles. The van der Waals surface area contributed by atoms with E-state index in [-0.39, 0.29) is 0 Å². The molecule has 0 spiro atoms. The van der Waals surface area contributed by atoms with Gasteiger partial charge in [-0.25, -0.2) is 4.98 Å². The van der Waals surface area contributed by atoms with Crippen LogP contribution in [0.25, 0.3) is 0 Å². The first-order valence-electron chi connectivity index (χ1n) is 5.66. The quantitative estimate of drug-likeness (QED) is 0.806. The van der Waals surface area contributed by atoms with Gasteiger partial charge in [0.1, 0.15) is 6.10 Å². The maximum atomic E-state index is 10.2. The number of aliphatic hydroxyl groups excluding tert-OH is 1. The number of aryl methyl sites for hydroxylation is 1. The van der Waals surface area contributed by atoms with E-state index in [9.17, 15) is 5.11 Å². The van der Waals surface area contributed by atoms with Crippen molar-refractivity contribution in [2.45, 2.75) is 31.4 Å². The van der Waals surface area contributed by atoms with Crippen molar-refractivity contribution in [2.75, 3.05) is 0 Å². The number of aliphatic hydroxyl groups is 1. The minimum Gasteiger partial charge on any atom is -0.386 e. The lowest BCUT2D eigenvalue weighted by atomic mass is 10.2. The molecule has 7 nitrogen and oxygen atoms in total. The highest BCUT2D eigenvalue weighted by Gasteiger charge is 2.27. The molecule has 1 aliphatic rings. The van der Waals surface area contributed by atoms with Crippen molar-refractivity contribution in [1.82, 2.24) is 29.8 Å². The van der Waals surface area contributed by atoms with Crippen LogP contribution in [0, 0.1) is 0 Å². The third-order valence-corrected chi connectivity index (χ3v) is 2.90. The molecule has 1 N–H and O–H groups in total. The Bertz CT molecular complexity index is 514. The average molecular weight is 234 g/mol. The molecule has 1 atom stereocenters. The number of tetrazole rings is 1. The highest BCUT2D eigenvalue weighted by molar-refractivity contribution is 5.08. The van der Waals surface area contributed by atoms with Gasteiger partial charge in [0, 0.05) is 12.5 Å². The maximum absolute atomic E-state index is 10.2. The molecule has 0 radical (unpaired) electrons. The van der Waals surface area contributed by atoms with Gasteiger partial charge in [-0.05, 0) is 18.1 Å². The van der Waals surface area contributed by atoms with E-state index in [1.54, 1.807) is 19.6 Å². The van der Waals surface area contributed by atoms with E-state index in [2.05, 4.69) is 20.4 Å². The molecule has 2 aromatic rings. The second-order valence-corrected chi connectivity index (χ2v) is 4.37. The van der Waals surface area contributed by atoms with E-state index in [1.165, 1.54) is 17.6 Å². The maximum Gasteiger partial charge on any atom is 0.177 e. The van der Waals surface area contributed by atoms with E-state index in [4.69, 9.17) is 0 Å². The minimum atomic E-state index is -0.623. The van der Waals surface area contributed by atoms with Crippen molar-refractivity contribution in [2.24, 2.45) is 7.05 Å². The molecule has 0 aliphatic heterocycles. The molecule has 1 saturated carbocycles. The number of nitrogens with zero attached hydrogens (tertiary/aromatic N) is 6. The summed E-state index contributed by atoms with van der Waals surface area (Å²) in [5, 5.41) is 21.8. The van der Waals surface area contributed by atoms with E-state index >= 15 is 0 Å². The van der Waals surface area contributed by atoms with Gasteiger partial charge in [0.2, 0.25) is 0 Å². The summed E-state index contributed by atoms with van der Waals surface area (Å²) in [6.07, 6.45) is 5.56. The second-order valence-electron chi connectivity index (χ2n) is 4.37. The molecule has 0 aromatic carbocycles. The van der Waals surface area contributed by atoms with Crippen LogP contribution in [0.15, 0.2) is 12.5 Å². The van der Waals surface area contributed by atoms with Gasteiger partial charge in [0.25, 0.3) is 0 Å². The van der Waals surface area contributed by atoms with Gasteiger partial charge in [0.05, 0.1) is 25.3 Å². The zero-order valence-corrected chi connectivity index (χ0v) is 9.56. The van der Waals surface area contributed by atoms with Crippen LogP contribution in [-0.4, -0.2) is 34.9 Å². The Labute approximate surface area is 98.1 Å². The monoisotopic (exact) mass is 234 g/mol. The Morgan fingerprint density at radius 2 is 2.35 bits per heavy atom. The fraction of sp³-hybridized carbons (Fsp3) is 0.600. The molecule has 90 valence electrons. The summed E-state index contributed by atoms with van der Waals surface area (Å²) in [6, 6.07) is 0.511. The van der Waals surface area contributed by atoms with Gasteiger partial charge in [-0.2, -0.15) is 4.80 Å². The van der Waals surface area contributed by atoms with Gasteiger partial charge in [-0.1, -0.05) is 0 Å². The number of aromatic nitrogens is 6. The molecule has 3 rings (SSSR count). The van der Waals surface area contributed by atoms with Crippen LogP contribution in [0.1, 0.15) is 36.5 Å². The first-order valence-corrected chi connectivity index (χ1v) is 5.66. The Morgan fingerprint density at radius 3 is 3.00 bits per heavy atom. The summed E-state index contributed by atoms with van der Waals surface area (Å²) in [4.78, 5) is 5.48. The molecule has 7 heteroatoms. The number of imidazole rings is 1. The molecular formula is C10H14N6O. The molecule has 0 saturated heterocycles. The van der Waals surface area contributed by atoms with Gasteiger partial charge in [0.15, 0.2) is 5.82 Å². The highest BCUT2D eigenvalue weighted by atomic mass is 16.3. The topological polar surface area (TPSA) is 81.6 Å². The molecule has 0 amide bonds. The van der Waals surface area contributed by atoms with Crippen LogP contribution < -0.4 is 0 Å². The van der Waals surface area contributed by atoms with Crippen LogP contribution in [0.5, 0.6) is 0 Å². The van der Waals surface area contributed by atoms with E-state index in [1.807, 2.05) is 4.57 Å². The van der Waals surface area contributed by atoms with Crippen LogP contribution in [0.2, 0.25) is 0 Å². The SMILES string of the molecule is Cn1nnc(CC(O)c2cncn2C2CC2)n1. The zero-order chi connectivity index (χ0) is 11.8. The lowest BCUT2D eigenvalue weighted by Gasteiger charge is -2.11. The summed E-state index contributed by atoms with van der Waals surface area (Å²) in [5.41, 5.74) is 0.833. The van der Waals surface area contributed by atoms with E-state index < -0.39 is 6.10 Å². The van der Waals surface area contributed by atoms with Crippen molar-refractivity contribution in [3.05, 3.63) is 24.0 Å². The van der Waals surface area contributed by atoms with E-state index in [0.717, 1.165) is 5.69 Å². The van der Waals surface area contributed by atoms with Crippen molar-refractivity contribution in [3.63, 3.8) is 0 Å². The third-order valence-electron chi connectivity index (χ3n) is 2.90. The molecular weight excluding hydrogens is 220 g/mol. The van der Waals surface area contributed by atoms with Crippen LogP contribution >= 0.6 is 0 Å². The Morgan fingerprint density at radius 1 is 1.53 bits per heavy atom. The predicted molar refractivity (Wildman–Crippen MR) is 58.0 cm³/mol. The van der Waals surface area contributed by atoms with Gasteiger partial charge in [-0.15, -0.1) is 10.2 Å². The van der Waals surface area contributed by atoms with Crippen LogP contribution in [0.3, 0.4) is 0 Å². The summed E-state index contributed by atoms with van der Waals surface area (Å²) in [5.74, 6) is 0.545. The molecule has 0 bridgehead atoms. The Hall–Kier alpha value is -1.76. The summed E-state index contributed by atoms with van der Waals surface area (Å²) in [6.45, 7) is 0. The molecule has 2 heterocycles. The summed E-state index contributed by atoms with van der Waals surface area (Å²) in [7, 11) is 1.71. The molecule has 1 fully saturated rings. The lowest BCUT2D eigenvalue weighted by molar-refractivity contribution is 0.166. The van der Waals surface area contributed by atoms with Gasteiger partial charge in [-0.3, -0.25) is 0 Å². The number of hydrogen-bond acceptors (Lipinski definition) is 5. The van der Waals surface area contributed by atoms with Crippen molar-refractivity contribution in [3.8, 4) is 0 Å². The van der Waals surface area contributed by atoms with Gasteiger partial charge >= 0.3 is 0 Å². The van der Waals surface area contributed by atoms with Crippen LogP contribution in [-0.2, 0) is 13.5 Å². The Balaban J connectivity index is 1.76. The van der Waals surface area contributed by atoms with Gasteiger partial charge < -0.3 is 9.67 Å². The number of rotatable bonds is 4. The fourth-order valence-electron chi connectivity index (χ4n) is 1.91. The summed E-state index contributed by atoms with van der Waals surface area (Å²) >= 11 is 0. The largest absolute Gasteiger partial charge is 0.386 e. The second kappa shape index (κ2) is 3.92. The highest BCUT2D eigenvalue weighted by Crippen LogP contribution is 2.37. The fourth-order valence-corrected chi connectivity index (χ4v) is 1.91. The zero-order valence-electron chi connectivity index (χ0n) is 9.56. The Kier molecular flexibility index (Phi) is 2.40.